The number of hydrazone groups is 1. The Morgan fingerprint density at radius 3 is 2.62 bits per heavy atom. The van der Waals surface area contributed by atoms with Gasteiger partial charge in [0.15, 0.2) is 11.5 Å². The van der Waals surface area contributed by atoms with E-state index >= 15 is 0 Å². The molecule has 1 aromatic heterocycles. The molecule has 0 fully saturated rings. The normalized spacial score (nSPS) is 10.7. The van der Waals surface area contributed by atoms with Gasteiger partial charge in [-0.15, -0.1) is 11.3 Å². The van der Waals surface area contributed by atoms with Gasteiger partial charge in [0, 0.05) is 10.4 Å². The molecule has 29 heavy (non-hydrogen) atoms. The van der Waals surface area contributed by atoms with E-state index in [1.54, 1.807) is 55.0 Å². The molecule has 0 unspecified atom stereocenters. The highest BCUT2D eigenvalue weighted by atomic mass is 32.1. The quantitative estimate of drug-likeness (QED) is 0.417. The minimum atomic E-state index is -0.299. The van der Waals surface area contributed by atoms with Gasteiger partial charge in [-0.1, -0.05) is 6.07 Å². The average molecular weight is 410 g/mol. The monoisotopic (exact) mass is 410 g/mol. The van der Waals surface area contributed by atoms with Gasteiger partial charge in [-0.25, -0.2) is 5.43 Å². The number of ether oxygens (including phenoxy) is 3. The molecule has 3 aromatic rings. The average Bonchev–Trinajstić information content (AvgIpc) is 3.27. The smallest absolute Gasteiger partial charge is 0.271 e. The number of nitrogens with zero attached hydrogens (tertiary/aromatic N) is 1. The summed E-state index contributed by atoms with van der Waals surface area (Å²) in [7, 11) is 1.59. The molecule has 0 atom stereocenters. The number of hydrogen-bond donors (Lipinski definition) is 1. The number of carbonyl (C=O) groups is 1. The van der Waals surface area contributed by atoms with E-state index in [0.29, 0.717) is 30.3 Å². The van der Waals surface area contributed by atoms with Crippen LogP contribution in [0.4, 0.5) is 0 Å². The number of benzene rings is 2. The van der Waals surface area contributed by atoms with E-state index in [0.717, 1.165) is 16.2 Å². The molecule has 3 rings (SSSR count). The zero-order valence-corrected chi connectivity index (χ0v) is 17.1. The van der Waals surface area contributed by atoms with E-state index in [1.165, 1.54) is 0 Å². The van der Waals surface area contributed by atoms with Gasteiger partial charge in [0.1, 0.15) is 12.4 Å². The standard InChI is InChI=1S/C22H22N2O4S/c1-3-27-18-9-7-17(8-10-18)22(25)24-23-14-16-6-11-20(21(13-16)26-2)28-15-19-5-4-12-29-19/h4-14H,3,15H2,1-2H3,(H,24,25)/b23-14-. The van der Waals surface area contributed by atoms with Crippen molar-refractivity contribution >= 4 is 23.5 Å². The highest BCUT2D eigenvalue weighted by Crippen LogP contribution is 2.28. The summed E-state index contributed by atoms with van der Waals surface area (Å²) in [5.41, 5.74) is 3.79. The lowest BCUT2D eigenvalue weighted by atomic mass is 10.2. The summed E-state index contributed by atoms with van der Waals surface area (Å²) < 4.78 is 16.6. The van der Waals surface area contributed by atoms with Crippen molar-refractivity contribution in [3.05, 3.63) is 76.0 Å². The summed E-state index contributed by atoms with van der Waals surface area (Å²) >= 11 is 1.64. The van der Waals surface area contributed by atoms with Gasteiger partial charge in [-0.2, -0.15) is 5.10 Å². The fourth-order valence-corrected chi connectivity index (χ4v) is 3.14. The van der Waals surface area contributed by atoms with Crippen molar-refractivity contribution in [1.82, 2.24) is 5.43 Å². The van der Waals surface area contributed by atoms with Crippen molar-refractivity contribution in [2.24, 2.45) is 5.10 Å². The van der Waals surface area contributed by atoms with Crippen LogP contribution in [0, 0.1) is 0 Å². The molecule has 150 valence electrons. The third-order valence-electron chi connectivity index (χ3n) is 3.94. The van der Waals surface area contributed by atoms with Gasteiger partial charge in [0.2, 0.25) is 0 Å². The molecule has 1 heterocycles. The van der Waals surface area contributed by atoms with Crippen LogP contribution in [0.2, 0.25) is 0 Å². The van der Waals surface area contributed by atoms with Crippen LogP contribution >= 0.6 is 11.3 Å². The molecule has 0 saturated carbocycles. The maximum atomic E-state index is 12.2. The van der Waals surface area contributed by atoms with Gasteiger partial charge in [-0.3, -0.25) is 4.79 Å². The molecule has 1 N–H and O–H groups in total. The Hall–Kier alpha value is -3.32. The van der Waals surface area contributed by atoms with Crippen LogP contribution in [0.25, 0.3) is 0 Å². The zero-order valence-electron chi connectivity index (χ0n) is 16.3. The van der Waals surface area contributed by atoms with Crippen LogP contribution in [-0.2, 0) is 6.61 Å². The fourth-order valence-electron chi connectivity index (χ4n) is 2.53. The van der Waals surface area contributed by atoms with Crippen molar-refractivity contribution < 1.29 is 19.0 Å². The predicted octanol–water partition coefficient (Wildman–Crippen LogP) is 4.50. The van der Waals surface area contributed by atoms with E-state index in [-0.39, 0.29) is 5.91 Å². The topological polar surface area (TPSA) is 69.2 Å². The van der Waals surface area contributed by atoms with Crippen molar-refractivity contribution in [3.63, 3.8) is 0 Å². The number of methoxy groups -OCH3 is 1. The number of rotatable bonds is 9. The summed E-state index contributed by atoms with van der Waals surface area (Å²) in [4.78, 5) is 13.3. The first-order valence-corrected chi connectivity index (χ1v) is 9.97. The van der Waals surface area contributed by atoms with Crippen molar-refractivity contribution in [1.29, 1.82) is 0 Å². The van der Waals surface area contributed by atoms with Crippen LogP contribution < -0.4 is 19.6 Å². The molecule has 0 saturated heterocycles. The number of amides is 1. The van der Waals surface area contributed by atoms with Crippen LogP contribution in [-0.4, -0.2) is 25.8 Å². The fraction of sp³-hybridized carbons (Fsp3) is 0.182. The Morgan fingerprint density at radius 2 is 1.93 bits per heavy atom. The highest BCUT2D eigenvalue weighted by Gasteiger charge is 2.07. The number of hydrogen-bond acceptors (Lipinski definition) is 6. The van der Waals surface area contributed by atoms with E-state index in [9.17, 15) is 4.79 Å². The lowest BCUT2D eigenvalue weighted by Crippen LogP contribution is -2.17. The lowest BCUT2D eigenvalue weighted by molar-refractivity contribution is 0.0955. The molecule has 0 bridgehead atoms. The van der Waals surface area contributed by atoms with Gasteiger partial charge in [0.25, 0.3) is 5.91 Å². The Kier molecular flexibility index (Phi) is 7.24. The first-order chi connectivity index (χ1) is 14.2. The molecular formula is C22H22N2O4S. The Bertz CT molecular complexity index is 953. The van der Waals surface area contributed by atoms with Crippen LogP contribution in [0.5, 0.6) is 17.2 Å². The summed E-state index contributed by atoms with van der Waals surface area (Å²) in [6.45, 7) is 2.98. The molecule has 1 amide bonds. The second kappa shape index (κ2) is 10.3. The van der Waals surface area contributed by atoms with E-state index in [1.807, 2.05) is 36.6 Å². The minimum Gasteiger partial charge on any atom is -0.494 e. The van der Waals surface area contributed by atoms with Gasteiger partial charge < -0.3 is 14.2 Å². The SMILES string of the molecule is CCOc1ccc(C(=O)N/N=C\c2ccc(OCc3cccs3)c(OC)c2)cc1. The molecule has 0 aliphatic heterocycles. The largest absolute Gasteiger partial charge is 0.494 e. The summed E-state index contributed by atoms with van der Waals surface area (Å²) in [5, 5.41) is 6.03. The Labute approximate surface area is 173 Å². The zero-order chi connectivity index (χ0) is 20.5. The molecule has 2 aromatic carbocycles. The minimum absolute atomic E-state index is 0.299. The lowest BCUT2D eigenvalue weighted by Gasteiger charge is -2.10. The second-order valence-corrected chi connectivity index (χ2v) is 6.97. The Balaban J connectivity index is 1.58. The number of nitrogens with one attached hydrogen (secondary N) is 1. The first kappa shape index (κ1) is 20.4. The maximum Gasteiger partial charge on any atom is 0.271 e. The molecular weight excluding hydrogens is 388 g/mol. The van der Waals surface area contributed by atoms with E-state index < -0.39 is 0 Å². The van der Waals surface area contributed by atoms with E-state index in [2.05, 4.69) is 10.5 Å². The van der Waals surface area contributed by atoms with Crippen LogP contribution in [0.15, 0.2) is 65.1 Å². The second-order valence-electron chi connectivity index (χ2n) is 5.93. The van der Waals surface area contributed by atoms with Crippen molar-refractivity contribution in [3.8, 4) is 17.2 Å². The molecule has 0 spiro atoms. The maximum absolute atomic E-state index is 12.2. The van der Waals surface area contributed by atoms with Crippen molar-refractivity contribution in [2.45, 2.75) is 13.5 Å². The van der Waals surface area contributed by atoms with Crippen LogP contribution in [0.1, 0.15) is 27.7 Å². The highest BCUT2D eigenvalue weighted by molar-refractivity contribution is 7.09. The number of thiophene rings is 1. The predicted molar refractivity (Wildman–Crippen MR) is 114 cm³/mol. The van der Waals surface area contributed by atoms with E-state index in [4.69, 9.17) is 14.2 Å². The summed E-state index contributed by atoms with van der Waals surface area (Å²) in [6.07, 6.45) is 1.55. The van der Waals surface area contributed by atoms with Gasteiger partial charge >= 0.3 is 0 Å². The van der Waals surface area contributed by atoms with Crippen molar-refractivity contribution in [2.75, 3.05) is 13.7 Å². The van der Waals surface area contributed by atoms with Gasteiger partial charge in [-0.05, 0) is 66.4 Å². The molecule has 6 nitrogen and oxygen atoms in total. The number of carbonyl (C=O) groups excluding carboxylic acids is 1. The third kappa shape index (κ3) is 5.83. The third-order valence-corrected chi connectivity index (χ3v) is 4.79. The Morgan fingerprint density at radius 1 is 1.10 bits per heavy atom. The molecule has 7 heteroatoms. The molecule has 0 aliphatic carbocycles. The summed E-state index contributed by atoms with van der Waals surface area (Å²) in [6, 6.07) is 16.4. The molecule has 0 aliphatic rings. The molecule has 0 radical (unpaired) electrons. The van der Waals surface area contributed by atoms with Gasteiger partial charge in [0.05, 0.1) is 19.9 Å². The first-order valence-electron chi connectivity index (χ1n) is 9.09. The van der Waals surface area contributed by atoms with Crippen LogP contribution in [0.3, 0.4) is 0 Å². The summed E-state index contributed by atoms with van der Waals surface area (Å²) in [5.74, 6) is 1.67.